The second kappa shape index (κ2) is 11.2. The van der Waals surface area contributed by atoms with Crippen molar-refractivity contribution in [1.29, 1.82) is 0 Å². The smallest absolute Gasteiger partial charge is 0.161 e. The Hall–Kier alpha value is 0.177. The highest BCUT2D eigenvalue weighted by Gasteiger charge is 1.89. The Morgan fingerprint density at radius 3 is 2.25 bits per heavy atom. The number of hydrogen-bond donors (Lipinski definition) is 0. The summed E-state index contributed by atoms with van der Waals surface area (Å²) in [6, 6.07) is 1.29. The van der Waals surface area contributed by atoms with Crippen molar-refractivity contribution in [3.05, 3.63) is 0 Å². The zero-order valence-electron chi connectivity index (χ0n) is 8.77. The van der Waals surface area contributed by atoms with E-state index in [0.717, 1.165) is 6.61 Å². The minimum Gasteiger partial charge on any atom is -0.424 e. The highest BCUT2D eigenvalue weighted by Crippen LogP contribution is 2.04. The number of hydrogen-bond acceptors (Lipinski definition) is 1. The summed E-state index contributed by atoms with van der Waals surface area (Å²) in [4.78, 5) is 0. The van der Waals surface area contributed by atoms with E-state index in [1.54, 1.807) is 0 Å². The summed E-state index contributed by atoms with van der Waals surface area (Å²) in [5.41, 5.74) is 0. The van der Waals surface area contributed by atoms with Gasteiger partial charge < -0.3 is 4.43 Å². The van der Waals surface area contributed by atoms with E-state index in [1.807, 2.05) is 0 Å². The molecule has 0 saturated heterocycles. The van der Waals surface area contributed by atoms with Crippen molar-refractivity contribution < 1.29 is 4.43 Å². The van der Waals surface area contributed by atoms with Crippen LogP contribution in [-0.2, 0) is 4.43 Å². The van der Waals surface area contributed by atoms with Crippen LogP contribution in [0.2, 0.25) is 6.04 Å². The predicted octanol–water partition coefficient (Wildman–Crippen LogP) is 2.89. The Morgan fingerprint density at radius 1 is 0.917 bits per heavy atom. The van der Waals surface area contributed by atoms with Crippen molar-refractivity contribution in [3.63, 3.8) is 0 Å². The van der Waals surface area contributed by atoms with Gasteiger partial charge in [-0.2, -0.15) is 0 Å². The molecule has 12 heavy (non-hydrogen) atoms. The first-order valence-electron chi connectivity index (χ1n) is 5.49. The van der Waals surface area contributed by atoms with E-state index in [4.69, 9.17) is 4.43 Å². The Balaban J connectivity index is 2.73. The van der Waals surface area contributed by atoms with Crippen molar-refractivity contribution in [2.75, 3.05) is 6.61 Å². The van der Waals surface area contributed by atoms with Gasteiger partial charge in [0.05, 0.1) is 0 Å². The van der Waals surface area contributed by atoms with Crippen LogP contribution >= 0.6 is 0 Å². The van der Waals surface area contributed by atoms with Gasteiger partial charge in [0.25, 0.3) is 0 Å². The first-order valence-corrected chi connectivity index (χ1v) is 7.07. The Bertz CT molecular complexity index is 66.2. The first kappa shape index (κ1) is 12.2. The van der Waals surface area contributed by atoms with Crippen molar-refractivity contribution in [2.45, 2.75) is 58.4 Å². The van der Waals surface area contributed by atoms with Gasteiger partial charge in [-0.1, -0.05) is 46.0 Å². The lowest BCUT2D eigenvalue weighted by molar-refractivity contribution is 0.320. The van der Waals surface area contributed by atoms with E-state index in [1.165, 1.54) is 44.6 Å². The first-order chi connectivity index (χ1) is 5.91. The molecule has 0 aliphatic heterocycles. The quantitative estimate of drug-likeness (QED) is 0.399. The molecule has 0 bridgehead atoms. The summed E-state index contributed by atoms with van der Waals surface area (Å²) in [6.07, 6.45) is 8.24. The molecule has 0 aliphatic rings. The molecular weight excluding hydrogens is 164 g/mol. The molecule has 0 radical (unpaired) electrons. The largest absolute Gasteiger partial charge is 0.424 e. The third-order valence-corrected chi connectivity index (χ3v) is 2.98. The average molecular weight is 188 g/mol. The molecule has 0 rings (SSSR count). The molecule has 0 aromatic rings. The Kier molecular flexibility index (Phi) is 11.3. The van der Waals surface area contributed by atoms with Crippen LogP contribution in [0.3, 0.4) is 0 Å². The zero-order chi connectivity index (χ0) is 9.07. The molecular formula is C10H24OSi. The van der Waals surface area contributed by atoms with Gasteiger partial charge in [0, 0.05) is 6.61 Å². The lowest BCUT2D eigenvalue weighted by Crippen LogP contribution is -1.98. The highest BCUT2D eigenvalue weighted by atomic mass is 28.2. The van der Waals surface area contributed by atoms with E-state index in [0.29, 0.717) is 0 Å². The molecule has 0 aliphatic carbocycles. The average Bonchev–Trinajstić information content (AvgIpc) is 2.10. The third-order valence-electron chi connectivity index (χ3n) is 1.99. The van der Waals surface area contributed by atoms with Gasteiger partial charge in [0.1, 0.15) is 0 Å². The third kappa shape index (κ3) is 10.2. The van der Waals surface area contributed by atoms with Crippen LogP contribution in [0, 0.1) is 0 Å². The maximum absolute atomic E-state index is 5.53. The van der Waals surface area contributed by atoms with Gasteiger partial charge >= 0.3 is 0 Å². The SMILES string of the molecule is CCCCCCCCO[SiH2]CC. The van der Waals surface area contributed by atoms with Crippen LogP contribution in [-0.4, -0.2) is 16.4 Å². The summed E-state index contributed by atoms with van der Waals surface area (Å²) in [5.74, 6) is 0. The lowest BCUT2D eigenvalue weighted by atomic mass is 10.1. The minimum atomic E-state index is -0.122. The topological polar surface area (TPSA) is 9.23 Å². The Labute approximate surface area is 79.8 Å². The summed E-state index contributed by atoms with van der Waals surface area (Å²) in [5, 5.41) is 0. The van der Waals surface area contributed by atoms with Gasteiger partial charge in [0.2, 0.25) is 0 Å². The summed E-state index contributed by atoms with van der Waals surface area (Å²) < 4.78 is 5.53. The molecule has 1 nitrogen and oxygen atoms in total. The molecule has 0 fully saturated rings. The van der Waals surface area contributed by atoms with Gasteiger partial charge in [-0.25, -0.2) is 0 Å². The highest BCUT2D eigenvalue weighted by molar-refractivity contribution is 6.26. The molecule has 0 N–H and O–H groups in total. The molecule has 0 atom stereocenters. The van der Waals surface area contributed by atoms with Crippen LogP contribution in [0.5, 0.6) is 0 Å². The summed E-state index contributed by atoms with van der Waals surface area (Å²) in [7, 11) is -0.122. The number of unbranched alkanes of at least 4 members (excludes halogenated alkanes) is 5. The van der Waals surface area contributed by atoms with Gasteiger partial charge in [-0.3, -0.25) is 0 Å². The predicted molar refractivity (Wildman–Crippen MR) is 58.4 cm³/mol. The van der Waals surface area contributed by atoms with E-state index in [2.05, 4.69) is 13.8 Å². The van der Waals surface area contributed by atoms with Crippen molar-refractivity contribution in [2.24, 2.45) is 0 Å². The van der Waals surface area contributed by atoms with E-state index in [-0.39, 0.29) is 9.76 Å². The summed E-state index contributed by atoms with van der Waals surface area (Å²) >= 11 is 0. The minimum absolute atomic E-state index is 0.122. The molecule has 74 valence electrons. The molecule has 0 aromatic heterocycles. The molecule has 2 heteroatoms. The van der Waals surface area contributed by atoms with E-state index < -0.39 is 0 Å². The van der Waals surface area contributed by atoms with Crippen LogP contribution < -0.4 is 0 Å². The van der Waals surface area contributed by atoms with Gasteiger partial charge in [-0.05, 0) is 12.5 Å². The summed E-state index contributed by atoms with van der Waals surface area (Å²) in [6.45, 7) is 5.51. The molecule has 0 saturated carbocycles. The fraction of sp³-hybridized carbons (Fsp3) is 1.00. The lowest BCUT2D eigenvalue weighted by Gasteiger charge is -2.01. The second-order valence-corrected chi connectivity index (χ2v) is 5.20. The molecule has 0 aromatic carbocycles. The molecule has 0 heterocycles. The second-order valence-electron chi connectivity index (χ2n) is 3.38. The van der Waals surface area contributed by atoms with Crippen LogP contribution in [0.25, 0.3) is 0 Å². The maximum atomic E-state index is 5.53. The fourth-order valence-electron chi connectivity index (χ4n) is 1.23. The van der Waals surface area contributed by atoms with Crippen molar-refractivity contribution >= 4 is 9.76 Å². The fourth-order valence-corrected chi connectivity index (χ4v) is 1.93. The van der Waals surface area contributed by atoms with Crippen LogP contribution in [0.4, 0.5) is 0 Å². The van der Waals surface area contributed by atoms with Gasteiger partial charge in [-0.15, -0.1) is 0 Å². The Morgan fingerprint density at radius 2 is 1.58 bits per heavy atom. The van der Waals surface area contributed by atoms with E-state index in [9.17, 15) is 0 Å². The molecule has 0 spiro atoms. The normalized spacial score (nSPS) is 11.5. The van der Waals surface area contributed by atoms with Crippen molar-refractivity contribution in [1.82, 2.24) is 0 Å². The van der Waals surface area contributed by atoms with Gasteiger partial charge in [0.15, 0.2) is 9.76 Å². The van der Waals surface area contributed by atoms with Crippen LogP contribution in [0.1, 0.15) is 52.4 Å². The molecule has 0 amide bonds. The van der Waals surface area contributed by atoms with E-state index >= 15 is 0 Å². The molecule has 0 unspecified atom stereocenters. The van der Waals surface area contributed by atoms with Crippen LogP contribution in [0.15, 0.2) is 0 Å². The number of rotatable bonds is 9. The standard InChI is InChI=1S/C10H24OSi/c1-3-5-6-7-8-9-10-11-12-4-2/h3-10,12H2,1-2H3. The monoisotopic (exact) mass is 188 g/mol. The maximum Gasteiger partial charge on any atom is 0.161 e. The zero-order valence-corrected chi connectivity index (χ0v) is 10.2. The van der Waals surface area contributed by atoms with Crippen molar-refractivity contribution in [3.8, 4) is 0 Å².